The summed E-state index contributed by atoms with van der Waals surface area (Å²) in [6, 6.07) is 9.90. The molecule has 0 bridgehead atoms. The Morgan fingerprint density at radius 1 is 1.07 bits per heavy atom. The number of anilines is 2. The van der Waals surface area contributed by atoms with Crippen molar-refractivity contribution in [1.29, 1.82) is 0 Å². The van der Waals surface area contributed by atoms with Crippen LogP contribution in [-0.4, -0.2) is 46.7 Å². The SMILES string of the molecule is C[C@@H]1CN(c2cc(F)c(-c3ccc4ncn(C)c4c3)cc2N)C[C@H](C)N1C. The third-order valence-corrected chi connectivity index (χ3v) is 5.85. The first-order chi connectivity index (χ1) is 12.8. The highest BCUT2D eigenvalue weighted by atomic mass is 19.1. The van der Waals surface area contributed by atoms with E-state index in [0.717, 1.165) is 35.4 Å². The first-order valence-electron chi connectivity index (χ1n) is 9.32. The maximum atomic E-state index is 15.1. The van der Waals surface area contributed by atoms with Gasteiger partial charge in [0, 0.05) is 37.8 Å². The number of nitrogens with zero attached hydrogens (tertiary/aromatic N) is 4. The van der Waals surface area contributed by atoms with Crippen molar-refractivity contribution in [1.82, 2.24) is 14.5 Å². The van der Waals surface area contributed by atoms with Gasteiger partial charge < -0.3 is 15.2 Å². The number of piperazine rings is 1. The lowest BCUT2D eigenvalue weighted by Crippen LogP contribution is -2.55. The molecule has 1 aromatic heterocycles. The van der Waals surface area contributed by atoms with Crippen molar-refractivity contribution in [3.8, 4) is 11.1 Å². The van der Waals surface area contributed by atoms with Crippen molar-refractivity contribution < 1.29 is 4.39 Å². The number of hydrogen-bond donors (Lipinski definition) is 1. The molecule has 6 heteroatoms. The molecule has 2 aromatic carbocycles. The van der Waals surface area contributed by atoms with Crippen LogP contribution in [0.5, 0.6) is 0 Å². The normalized spacial score (nSPS) is 21.1. The van der Waals surface area contributed by atoms with Gasteiger partial charge in [-0.1, -0.05) is 6.07 Å². The minimum Gasteiger partial charge on any atom is -0.397 e. The van der Waals surface area contributed by atoms with Gasteiger partial charge in [0.25, 0.3) is 0 Å². The largest absolute Gasteiger partial charge is 0.397 e. The maximum Gasteiger partial charge on any atom is 0.133 e. The van der Waals surface area contributed by atoms with Crippen LogP contribution in [0, 0.1) is 5.82 Å². The fourth-order valence-corrected chi connectivity index (χ4v) is 3.97. The number of likely N-dealkylation sites (N-methyl/N-ethyl adjacent to an activating group) is 1. The lowest BCUT2D eigenvalue weighted by Gasteiger charge is -2.43. The van der Waals surface area contributed by atoms with Gasteiger partial charge in [-0.2, -0.15) is 0 Å². The van der Waals surface area contributed by atoms with E-state index in [4.69, 9.17) is 5.73 Å². The predicted octanol–water partition coefficient (Wildman–Crippen LogP) is 3.49. The van der Waals surface area contributed by atoms with Crippen molar-refractivity contribution in [2.75, 3.05) is 30.8 Å². The zero-order valence-corrected chi connectivity index (χ0v) is 16.3. The average Bonchev–Trinajstić information content (AvgIpc) is 3.01. The van der Waals surface area contributed by atoms with Gasteiger partial charge in [0.2, 0.25) is 0 Å². The summed E-state index contributed by atoms with van der Waals surface area (Å²) in [5, 5.41) is 0. The molecule has 5 nitrogen and oxygen atoms in total. The van der Waals surface area contributed by atoms with E-state index in [1.807, 2.05) is 29.8 Å². The van der Waals surface area contributed by atoms with Crippen LogP contribution in [0.3, 0.4) is 0 Å². The molecule has 1 fully saturated rings. The molecular weight excluding hydrogens is 341 g/mol. The molecule has 2 heterocycles. The van der Waals surface area contributed by atoms with E-state index in [1.165, 1.54) is 0 Å². The molecule has 4 rings (SSSR count). The Labute approximate surface area is 159 Å². The molecule has 3 aromatic rings. The first kappa shape index (κ1) is 17.8. The molecule has 2 atom stereocenters. The number of benzene rings is 2. The van der Waals surface area contributed by atoms with Crippen LogP contribution in [0.2, 0.25) is 0 Å². The molecule has 0 saturated carbocycles. The zero-order valence-electron chi connectivity index (χ0n) is 16.3. The molecule has 1 aliphatic rings. The van der Waals surface area contributed by atoms with Crippen molar-refractivity contribution >= 4 is 22.4 Å². The fourth-order valence-electron chi connectivity index (χ4n) is 3.97. The molecule has 0 amide bonds. The second kappa shape index (κ2) is 6.53. The Kier molecular flexibility index (Phi) is 4.30. The number of fused-ring (bicyclic) bond motifs is 1. The first-order valence-corrected chi connectivity index (χ1v) is 9.32. The summed E-state index contributed by atoms with van der Waals surface area (Å²) in [7, 11) is 4.07. The lowest BCUT2D eigenvalue weighted by molar-refractivity contribution is 0.170. The number of nitrogens with two attached hydrogens (primary N) is 1. The van der Waals surface area contributed by atoms with Crippen molar-refractivity contribution in [2.45, 2.75) is 25.9 Å². The van der Waals surface area contributed by atoms with Crippen LogP contribution < -0.4 is 10.6 Å². The highest BCUT2D eigenvalue weighted by molar-refractivity contribution is 5.84. The van der Waals surface area contributed by atoms with Gasteiger partial charge in [-0.05, 0) is 50.7 Å². The second-order valence-electron chi connectivity index (χ2n) is 7.72. The summed E-state index contributed by atoms with van der Waals surface area (Å²) >= 11 is 0. The maximum absolute atomic E-state index is 15.1. The van der Waals surface area contributed by atoms with Gasteiger partial charge in [-0.15, -0.1) is 0 Å². The minimum atomic E-state index is -0.250. The molecule has 2 N–H and O–H groups in total. The van der Waals surface area contributed by atoms with Crippen LogP contribution in [-0.2, 0) is 7.05 Å². The molecular formula is C21H26FN5. The topological polar surface area (TPSA) is 50.3 Å². The number of aryl methyl sites for hydroxylation is 1. The Hall–Kier alpha value is -2.60. The third-order valence-electron chi connectivity index (χ3n) is 5.85. The molecule has 142 valence electrons. The number of halogens is 1. The van der Waals surface area contributed by atoms with Crippen molar-refractivity contribution in [2.24, 2.45) is 7.05 Å². The Bertz CT molecular complexity index is 984. The van der Waals surface area contributed by atoms with Crippen LogP contribution >= 0.6 is 0 Å². The summed E-state index contributed by atoms with van der Waals surface area (Å²) in [6.07, 6.45) is 1.76. The van der Waals surface area contributed by atoms with Crippen LogP contribution in [0.25, 0.3) is 22.2 Å². The molecule has 1 aliphatic heterocycles. The molecule has 27 heavy (non-hydrogen) atoms. The highest BCUT2D eigenvalue weighted by Gasteiger charge is 2.28. The average molecular weight is 367 g/mol. The number of nitrogen functional groups attached to an aromatic ring is 1. The molecule has 1 saturated heterocycles. The smallest absolute Gasteiger partial charge is 0.133 e. The van der Waals surface area contributed by atoms with E-state index in [1.54, 1.807) is 18.5 Å². The van der Waals surface area contributed by atoms with Gasteiger partial charge >= 0.3 is 0 Å². The fraction of sp³-hybridized carbons (Fsp3) is 0.381. The Morgan fingerprint density at radius 2 is 1.78 bits per heavy atom. The van der Waals surface area contributed by atoms with Gasteiger partial charge in [-0.25, -0.2) is 9.37 Å². The van der Waals surface area contributed by atoms with E-state index in [9.17, 15) is 0 Å². The second-order valence-corrected chi connectivity index (χ2v) is 7.72. The molecule has 0 unspecified atom stereocenters. The molecule has 0 spiro atoms. The number of rotatable bonds is 2. The summed E-state index contributed by atoms with van der Waals surface area (Å²) in [5.74, 6) is -0.250. The van der Waals surface area contributed by atoms with Gasteiger partial charge in [0.15, 0.2) is 0 Å². The van der Waals surface area contributed by atoms with E-state index < -0.39 is 0 Å². The lowest BCUT2D eigenvalue weighted by atomic mass is 10.0. The van der Waals surface area contributed by atoms with Crippen LogP contribution in [0.15, 0.2) is 36.7 Å². The van der Waals surface area contributed by atoms with Gasteiger partial charge in [0.05, 0.1) is 28.7 Å². The standard InChI is InChI=1S/C21H26FN5/c1-13-10-27(11-14(2)26(13)4)20-9-17(22)16(8-18(20)23)15-5-6-19-21(7-15)25(3)12-24-19/h5-9,12-14H,10-11,23H2,1-4H3/t13-,14+. The van der Waals surface area contributed by atoms with Crippen molar-refractivity contribution in [3.63, 3.8) is 0 Å². The quantitative estimate of drug-likeness (QED) is 0.705. The van der Waals surface area contributed by atoms with E-state index in [-0.39, 0.29) is 5.82 Å². The highest BCUT2D eigenvalue weighted by Crippen LogP contribution is 2.34. The van der Waals surface area contributed by atoms with E-state index >= 15 is 4.39 Å². The number of hydrogen-bond acceptors (Lipinski definition) is 4. The number of imidazole rings is 1. The molecule has 0 aliphatic carbocycles. The summed E-state index contributed by atoms with van der Waals surface area (Å²) in [5.41, 5.74) is 11.0. The summed E-state index contributed by atoms with van der Waals surface area (Å²) in [4.78, 5) is 8.87. The summed E-state index contributed by atoms with van der Waals surface area (Å²) < 4.78 is 17.0. The zero-order chi connectivity index (χ0) is 19.3. The van der Waals surface area contributed by atoms with Crippen molar-refractivity contribution in [3.05, 3.63) is 42.5 Å². The Balaban J connectivity index is 1.72. The van der Waals surface area contributed by atoms with Gasteiger partial charge in [-0.3, -0.25) is 4.90 Å². The number of aromatic nitrogens is 2. The van der Waals surface area contributed by atoms with Crippen LogP contribution in [0.4, 0.5) is 15.8 Å². The Morgan fingerprint density at radius 3 is 2.48 bits per heavy atom. The van der Waals surface area contributed by atoms with Gasteiger partial charge in [0.1, 0.15) is 5.82 Å². The summed E-state index contributed by atoms with van der Waals surface area (Å²) in [6.45, 7) is 6.05. The van der Waals surface area contributed by atoms with Crippen LogP contribution in [0.1, 0.15) is 13.8 Å². The van der Waals surface area contributed by atoms with E-state index in [2.05, 4.69) is 35.7 Å². The predicted molar refractivity (Wildman–Crippen MR) is 109 cm³/mol. The minimum absolute atomic E-state index is 0.250. The molecule has 0 radical (unpaired) electrons. The van der Waals surface area contributed by atoms with E-state index in [0.29, 0.717) is 23.3 Å². The monoisotopic (exact) mass is 367 g/mol. The third kappa shape index (κ3) is 3.04.